The van der Waals surface area contributed by atoms with Crippen LogP contribution in [0.25, 0.3) is 0 Å². The summed E-state index contributed by atoms with van der Waals surface area (Å²) in [7, 11) is -4.32. The van der Waals surface area contributed by atoms with E-state index >= 15 is 0 Å². The summed E-state index contributed by atoms with van der Waals surface area (Å²) < 4.78 is 22.0. The quantitative estimate of drug-likeness (QED) is 0.0304. The SMILES string of the molecule is CC/C=C\C/C=C\C/C=C\C/C=C\C/C=C\C/C=C\C/C=C\CCCC(=O)NC(COP(=O)(O)OCCN)C(O)CCCCCCCCC. The lowest BCUT2D eigenvalue weighted by molar-refractivity contribution is -0.123. The topological polar surface area (TPSA) is 131 Å². The zero-order chi connectivity index (χ0) is 36.1. The maximum absolute atomic E-state index is 12.6. The van der Waals surface area contributed by atoms with E-state index in [-0.39, 0.29) is 32.1 Å². The third-order valence-electron chi connectivity index (χ3n) is 7.51. The van der Waals surface area contributed by atoms with Crippen molar-refractivity contribution in [2.24, 2.45) is 5.73 Å². The molecule has 5 N–H and O–H groups in total. The molecule has 0 heterocycles. The van der Waals surface area contributed by atoms with Crippen molar-refractivity contribution in [3.63, 3.8) is 0 Å². The monoisotopic (exact) mass is 704 g/mol. The average molecular weight is 705 g/mol. The number of allylic oxidation sites excluding steroid dienone is 14. The molecule has 0 fully saturated rings. The van der Waals surface area contributed by atoms with E-state index in [1.54, 1.807) is 0 Å². The van der Waals surface area contributed by atoms with Crippen molar-refractivity contribution in [3.8, 4) is 0 Å². The number of aliphatic hydroxyl groups is 1. The van der Waals surface area contributed by atoms with E-state index in [0.29, 0.717) is 12.8 Å². The number of amides is 1. The van der Waals surface area contributed by atoms with Gasteiger partial charge in [-0.05, 0) is 64.2 Å². The number of carbonyl (C=O) groups excluding carboxylic acids is 1. The van der Waals surface area contributed by atoms with Gasteiger partial charge in [0.2, 0.25) is 5.91 Å². The van der Waals surface area contributed by atoms with Crippen LogP contribution >= 0.6 is 7.82 Å². The molecule has 0 aromatic carbocycles. The average Bonchev–Trinajstić information content (AvgIpc) is 3.09. The summed E-state index contributed by atoms with van der Waals surface area (Å²) in [4.78, 5) is 22.5. The van der Waals surface area contributed by atoms with E-state index in [4.69, 9.17) is 14.8 Å². The third kappa shape index (κ3) is 33.9. The predicted molar refractivity (Wildman–Crippen MR) is 207 cm³/mol. The minimum atomic E-state index is -4.32. The lowest BCUT2D eigenvalue weighted by Gasteiger charge is -2.25. The highest BCUT2D eigenvalue weighted by Gasteiger charge is 2.27. The van der Waals surface area contributed by atoms with Crippen molar-refractivity contribution in [2.45, 2.75) is 142 Å². The van der Waals surface area contributed by atoms with E-state index < -0.39 is 20.0 Å². The number of nitrogens with two attached hydrogens (primary N) is 1. The molecule has 0 saturated carbocycles. The zero-order valence-corrected chi connectivity index (χ0v) is 31.5. The first-order chi connectivity index (χ1) is 23.9. The van der Waals surface area contributed by atoms with Crippen LogP contribution in [-0.2, 0) is 18.4 Å². The second-order valence-corrected chi connectivity index (χ2v) is 13.5. The molecule has 0 aromatic heterocycles. The van der Waals surface area contributed by atoms with Crippen LogP contribution in [-0.4, -0.2) is 47.8 Å². The molecule has 0 spiro atoms. The third-order valence-corrected chi connectivity index (χ3v) is 8.50. The fourth-order valence-electron chi connectivity index (χ4n) is 4.71. The lowest BCUT2D eigenvalue weighted by Crippen LogP contribution is -2.46. The Labute approximate surface area is 299 Å². The maximum atomic E-state index is 12.6. The molecule has 280 valence electrons. The Bertz CT molecular complexity index is 1030. The molecule has 49 heavy (non-hydrogen) atoms. The maximum Gasteiger partial charge on any atom is 0.472 e. The van der Waals surface area contributed by atoms with Crippen LogP contribution in [0.3, 0.4) is 0 Å². The van der Waals surface area contributed by atoms with Crippen LogP contribution in [0.1, 0.15) is 129 Å². The molecule has 0 radical (unpaired) electrons. The molecule has 0 saturated heterocycles. The molecule has 1 amide bonds. The van der Waals surface area contributed by atoms with E-state index in [1.807, 2.05) is 0 Å². The van der Waals surface area contributed by atoms with Gasteiger partial charge >= 0.3 is 7.82 Å². The number of phosphoric acid groups is 1. The number of unbranched alkanes of at least 4 members (excludes halogenated alkanes) is 7. The van der Waals surface area contributed by atoms with Gasteiger partial charge in [-0.2, -0.15) is 0 Å². The van der Waals surface area contributed by atoms with Gasteiger partial charge in [0.1, 0.15) is 0 Å². The summed E-state index contributed by atoms with van der Waals surface area (Å²) in [6.45, 7) is 3.96. The van der Waals surface area contributed by atoms with Crippen molar-refractivity contribution in [1.82, 2.24) is 5.32 Å². The van der Waals surface area contributed by atoms with Gasteiger partial charge in [0, 0.05) is 13.0 Å². The van der Waals surface area contributed by atoms with Crippen LogP contribution in [0.5, 0.6) is 0 Å². The molecule has 3 atom stereocenters. The Morgan fingerprint density at radius 3 is 1.65 bits per heavy atom. The van der Waals surface area contributed by atoms with Crippen molar-refractivity contribution in [1.29, 1.82) is 0 Å². The van der Waals surface area contributed by atoms with Gasteiger partial charge in [0.25, 0.3) is 0 Å². The Morgan fingerprint density at radius 2 is 1.16 bits per heavy atom. The van der Waals surface area contributed by atoms with Gasteiger partial charge in [-0.1, -0.05) is 144 Å². The molecule has 3 unspecified atom stereocenters. The van der Waals surface area contributed by atoms with Gasteiger partial charge in [0.05, 0.1) is 25.4 Å². The molecule has 0 aromatic rings. The van der Waals surface area contributed by atoms with Crippen LogP contribution in [0.4, 0.5) is 0 Å². The Kier molecular flexibility index (Phi) is 33.8. The predicted octanol–water partition coefficient (Wildman–Crippen LogP) is 9.88. The van der Waals surface area contributed by atoms with Gasteiger partial charge < -0.3 is 21.1 Å². The Balaban J connectivity index is 4.27. The summed E-state index contributed by atoms with van der Waals surface area (Å²) in [6, 6.07) is -0.807. The summed E-state index contributed by atoms with van der Waals surface area (Å²) in [5.41, 5.74) is 5.34. The van der Waals surface area contributed by atoms with Gasteiger partial charge in [-0.15, -0.1) is 0 Å². The number of aliphatic hydroxyl groups excluding tert-OH is 1. The first-order valence-corrected chi connectivity index (χ1v) is 20.2. The van der Waals surface area contributed by atoms with Crippen molar-refractivity contribution < 1.29 is 28.4 Å². The molecular formula is C40H69N2O6P. The minimum absolute atomic E-state index is 0.0742. The molecule has 0 rings (SSSR count). The van der Waals surface area contributed by atoms with E-state index in [1.165, 1.54) is 25.7 Å². The Morgan fingerprint density at radius 1 is 0.694 bits per heavy atom. The smallest absolute Gasteiger partial charge is 0.391 e. The number of nitrogens with one attached hydrogen (secondary N) is 1. The number of rotatable bonds is 33. The highest BCUT2D eigenvalue weighted by Crippen LogP contribution is 2.43. The molecule has 0 aliphatic heterocycles. The number of carbonyl (C=O) groups is 1. The Hall–Kier alpha value is -2.32. The summed E-state index contributed by atoms with van der Waals surface area (Å²) in [6.07, 6.45) is 46.2. The molecule has 8 nitrogen and oxygen atoms in total. The highest BCUT2D eigenvalue weighted by molar-refractivity contribution is 7.47. The van der Waals surface area contributed by atoms with Crippen molar-refractivity contribution >= 4 is 13.7 Å². The summed E-state index contributed by atoms with van der Waals surface area (Å²) in [5.74, 6) is -0.228. The van der Waals surface area contributed by atoms with Crippen LogP contribution in [0.2, 0.25) is 0 Å². The number of hydrogen-bond acceptors (Lipinski definition) is 6. The lowest BCUT2D eigenvalue weighted by atomic mass is 10.0. The van der Waals surface area contributed by atoms with Crippen LogP contribution in [0, 0.1) is 0 Å². The van der Waals surface area contributed by atoms with Gasteiger partial charge in [-0.25, -0.2) is 4.57 Å². The minimum Gasteiger partial charge on any atom is -0.391 e. The van der Waals surface area contributed by atoms with E-state index in [9.17, 15) is 19.4 Å². The summed E-state index contributed by atoms with van der Waals surface area (Å²) >= 11 is 0. The zero-order valence-electron chi connectivity index (χ0n) is 30.6. The van der Waals surface area contributed by atoms with Gasteiger partial charge in [0.15, 0.2) is 0 Å². The highest BCUT2D eigenvalue weighted by atomic mass is 31.2. The van der Waals surface area contributed by atoms with Crippen molar-refractivity contribution in [3.05, 3.63) is 85.1 Å². The van der Waals surface area contributed by atoms with E-state index in [2.05, 4.69) is 104 Å². The van der Waals surface area contributed by atoms with Crippen LogP contribution in [0.15, 0.2) is 85.1 Å². The molecular weight excluding hydrogens is 635 g/mol. The largest absolute Gasteiger partial charge is 0.472 e. The molecule has 9 heteroatoms. The molecule has 0 aliphatic carbocycles. The second kappa shape index (κ2) is 35.5. The fourth-order valence-corrected chi connectivity index (χ4v) is 5.47. The fraction of sp³-hybridized carbons (Fsp3) is 0.625. The first-order valence-electron chi connectivity index (χ1n) is 18.7. The van der Waals surface area contributed by atoms with E-state index in [0.717, 1.165) is 70.6 Å². The molecule has 0 aliphatic rings. The van der Waals surface area contributed by atoms with Crippen LogP contribution < -0.4 is 11.1 Å². The second-order valence-electron chi connectivity index (χ2n) is 12.1. The first kappa shape index (κ1) is 46.7. The molecule has 0 bridgehead atoms. The normalized spacial score (nSPS) is 15.3. The number of hydrogen-bond donors (Lipinski definition) is 4. The summed E-state index contributed by atoms with van der Waals surface area (Å²) in [5, 5.41) is 13.6. The van der Waals surface area contributed by atoms with Crippen molar-refractivity contribution in [2.75, 3.05) is 19.8 Å². The number of phosphoric ester groups is 1. The van der Waals surface area contributed by atoms with Gasteiger partial charge in [-0.3, -0.25) is 13.8 Å². The standard InChI is InChI=1S/C40H69N2O6P/c1-3-5-7-9-11-12-13-14-15-16-17-18-19-20-21-22-23-24-25-26-28-30-32-34-40(44)42-38(37-48-49(45,46)47-36-35-41)39(43)33-31-29-27-10-8-6-4-2/h5,7,11-12,14-15,17-18,20-21,23-24,26,28,38-39,43H,3-4,6,8-10,13,16,19,22,25,27,29-37,41H2,1-2H3,(H,42,44)(H,45,46)/b7-5-,12-11-,15-14-,18-17-,21-20-,24-23-,28-26-.